The number of carbonyl (C=O) groups excluding carboxylic acids is 2. The van der Waals surface area contributed by atoms with Crippen LogP contribution in [0.15, 0.2) is 24.3 Å². The molecule has 0 unspecified atom stereocenters. The number of nitrogens with zero attached hydrogens (tertiary/aromatic N) is 1. The van der Waals surface area contributed by atoms with Crippen LogP contribution >= 0.6 is 0 Å². The molecule has 0 aromatic heterocycles. The summed E-state index contributed by atoms with van der Waals surface area (Å²) < 4.78 is 5.24. The molecule has 0 aliphatic heterocycles. The van der Waals surface area contributed by atoms with E-state index in [2.05, 4.69) is 5.43 Å². The van der Waals surface area contributed by atoms with E-state index in [0.29, 0.717) is 5.56 Å². The third-order valence-corrected chi connectivity index (χ3v) is 2.85. The van der Waals surface area contributed by atoms with Crippen molar-refractivity contribution in [1.82, 2.24) is 10.4 Å². The molecule has 0 bridgehead atoms. The van der Waals surface area contributed by atoms with Gasteiger partial charge in [-0.1, -0.05) is 18.2 Å². The summed E-state index contributed by atoms with van der Waals surface area (Å²) in [5, 5.41) is 1.31. The van der Waals surface area contributed by atoms with Crippen LogP contribution in [0.25, 0.3) is 0 Å². The van der Waals surface area contributed by atoms with Gasteiger partial charge >= 0.3 is 6.09 Å². The van der Waals surface area contributed by atoms with E-state index in [0.717, 1.165) is 5.56 Å². The monoisotopic (exact) mass is 306 g/mol. The Labute approximate surface area is 132 Å². The predicted octanol–water partition coefficient (Wildman–Crippen LogP) is 3.68. The van der Waals surface area contributed by atoms with Gasteiger partial charge in [0.25, 0.3) is 5.91 Å². The fraction of sp³-hybridized carbons (Fsp3) is 0.529. The molecule has 5 heteroatoms. The van der Waals surface area contributed by atoms with Gasteiger partial charge in [-0.25, -0.2) is 15.2 Å². The number of benzene rings is 1. The average molecular weight is 306 g/mol. The highest BCUT2D eigenvalue weighted by Gasteiger charge is 2.31. The molecule has 1 aromatic rings. The molecular weight excluding hydrogens is 280 g/mol. The molecule has 22 heavy (non-hydrogen) atoms. The van der Waals surface area contributed by atoms with E-state index < -0.39 is 17.2 Å². The zero-order valence-corrected chi connectivity index (χ0v) is 14.5. The van der Waals surface area contributed by atoms with Crippen LogP contribution in [0.2, 0.25) is 0 Å². The number of ether oxygens (including phenoxy) is 1. The van der Waals surface area contributed by atoms with Crippen molar-refractivity contribution in [2.24, 2.45) is 0 Å². The Balaban J connectivity index is 3.03. The van der Waals surface area contributed by atoms with Crippen molar-refractivity contribution in [2.75, 3.05) is 0 Å². The minimum atomic E-state index is -0.649. The van der Waals surface area contributed by atoms with Crippen molar-refractivity contribution in [1.29, 1.82) is 0 Å². The van der Waals surface area contributed by atoms with E-state index >= 15 is 0 Å². The number of amides is 2. The van der Waals surface area contributed by atoms with Gasteiger partial charge in [-0.3, -0.25) is 4.79 Å². The molecule has 0 spiro atoms. The number of hydrazine groups is 1. The van der Waals surface area contributed by atoms with Crippen LogP contribution in [0, 0.1) is 6.92 Å². The number of aryl methyl sites for hydroxylation is 1. The van der Waals surface area contributed by atoms with Gasteiger partial charge in [-0.2, -0.15) is 0 Å². The first-order valence-electron chi connectivity index (χ1n) is 7.31. The topological polar surface area (TPSA) is 58.6 Å². The predicted molar refractivity (Wildman–Crippen MR) is 86.5 cm³/mol. The fourth-order valence-electron chi connectivity index (χ4n) is 1.85. The van der Waals surface area contributed by atoms with Crippen LogP contribution in [0.4, 0.5) is 4.79 Å². The van der Waals surface area contributed by atoms with Gasteiger partial charge < -0.3 is 4.74 Å². The summed E-state index contributed by atoms with van der Waals surface area (Å²) in [6.45, 7) is 12.7. The lowest BCUT2D eigenvalue weighted by molar-refractivity contribution is 0.0118. The van der Waals surface area contributed by atoms with Gasteiger partial charge in [0.2, 0.25) is 0 Å². The molecule has 0 aliphatic carbocycles. The van der Waals surface area contributed by atoms with Crippen LogP contribution in [0.3, 0.4) is 0 Å². The average Bonchev–Trinajstić information content (AvgIpc) is 2.32. The van der Waals surface area contributed by atoms with Crippen molar-refractivity contribution >= 4 is 12.0 Å². The van der Waals surface area contributed by atoms with Crippen LogP contribution in [0.5, 0.6) is 0 Å². The normalized spacial score (nSPS) is 11.8. The molecule has 0 atom stereocenters. The van der Waals surface area contributed by atoms with Crippen molar-refractivity contribution < 1.29 is 14.3 Å². The highest BCUT2D eigenvalue weighted by Crippen LogP contribution is 2.18. The number of hydrogen-bond acceptors (Lipinski definition) is 3. The Hall–Kier alpha value is -2.04. The Morgan fingerprint density at radius 3 is 2.05 bits per heavy atom. The maximum absolute atomic E-state index is 12.8. The van der Waals surface area contributed by atoms with Crippen molar-refractivity contribution in [2.45, 2.75) is 59.6 Å². The smallest absolute Gasteiger partial charge is 0.426 e. The summed E-state index contributed by atoms with van der Waals surface area (Å²) in [6, 6.07) is 7.28. The van der Waals surface area contributed by atoms with Crippen molar-refractivity contribution in [3.05, 3.63) is 35.4 Å². The van der Waals surface area contributed by atoms with Gasteiger partial charge in [0.1, 0.15) is 5.60 Å². The van der Waals surface area contributed by atoms with Crippen LogP contribution in [0.1, 0.15) is 57.5 Å². The molecule has 0 heterocycles. The second-order valence-corrected chi connectivity index (χ2v) is 7.24. The summed E-state index contributed by atoms with van der Waals surface area (Å²) in [4.78, 5) is 24.8. The zero-order chi connectivity index (χ0) is 17.1. The lowest BCUT2D eigenvalue weighted by Gasteiger charge is -2.36. The number of hydrogen-bond donors (Lipinski definition) is 1. The first-order valence-corrected chi connectivity index (χ1v) is 7.31. The maximum atomic E-state index is 12.8. The van der Waals surface area contributed by atoms with Gasteiger partial charge in [0, 0.05) is 5.56 Å². The molecule has 5 nitrogen and oxygen atoms in total. The number of carbonyl (C=O) groups is 2. The van der Waals surface area contributed by atoms with Gasteiger partial charge in [-0.05, 0) is 60.1 Å². The van der Waals surface area contributed by atoms with E-state index in [9.17, 15) is 9.59 Å². The lowest BCUT2D eigenvalue weighted by Crippen LogP contribution is -2.56. The maximum Gasteiger partial charge on any atom is 0.426 e. The fourth-order valence-corrected chi connectivity index (χ4v) is 1.85. The van der Waals surface area contributed by atoms with E-state index in [1.165, 1.54) is 5.01 Å². The number of nitrogens with one attached hydrogen (secondary N) is 1. The van der Waals surface area contributed by atoms with E-state index in [1.54, 1.807) is 32.9 Å². The molecule has 0 saturated heterocycles. The second-order valence-electron chi connectivity index (χ2n) is 7.24. The molecule has 1 rings (SSSR count). The minimum absolute atomic E-state index is 0.267. The van der Waals surface area contributed by atoms with E-state index in [-0.39, 0.29) is 5.91 Å². The summed E-state index contributed by atoms with van der Waals surface area (Å²) in [7, 11) is 0. The van der Waals surface area contributed by atoms with E-state index in [4.69, 9.17) is 4.74 Å². The molecule has 0 fully saturated rings. The summed E-state index contributed by atoms with van der Waals surface area (Å²) >= 11 is 0. The molecule has 122 valence electrons. The summed E-state index contributed by atoms with van der Waals surface area (Å²) in [6.07, 6.45) is -0.649. The SMILES string of the molecule is Cc1ccccc1C(=O)N(NC(=O)OC(C)(C)C)C(C)(C)C. The molecule has 0 radical (unpaired) electrons. The number of rotatable bonds is 1. The van der Waals surface area contributed by atoms with Crippen LogP contribution in [-0.2, 0) is 4.74 Å². The Morgan fingerprint density at radius 1 is 1.05 bits per heavy atom. The Bertz CT molecular complexity index is 554. The Kier molecular flexibility index (Phi) is 5.22. The molecule has 1 aromatic carbocycles. The van der Waals surface area contributed by atoms with Crippen LogP contribution in [-0.4, -0.2) is 28.1 Å². The molecule has 0 aliphatic rings. The summed E-state index contributed by atoms with van der Waals surface area (Å²) in [5.41, 5.74) is 2.75. The van der Waals surface area contributed by atoms with Gasteiger partial charge in [0.15, 0.2) is 0 Å². The first kappa shape index (κ1) is 18.0. The zero-order valence-electron chi connectivity index (χ0n) is 14.5. The summed E-state index contributed by atoms with van der Waals surface area (Å²) in [5.74, 6) is -0.267. The molecule has 0 saturated carbocycles. The Morgan fingerprint density at radius 2 is 1.59 bits per heavy atom. The third kappa shape index (κ3) is 5.06. The third-order valence-electron chi connectivity index (χ3n) is 2.85. The van der Waals surface area contributed by atoms with Crippen LogP contribution < -0.4 is 5.43 Å². The highest BCUT2D eigenvalue weighted by atomic mass is 16.6. The second kappa shape index (κ2) is 6.38. The quantitative estimate of drug-likeness (QED) is 0.805. The standard InChI is InChI=1S/C17H26N2O3/c1-12-10-8-9-11-13(12)14(20)19(16(2,3)4)18-15(21)22-17(5,6)7/h8-11H,1-7H3,(H,18,21). The van der Waals surface area contributed by atoms with Crippen molar-refractivity contribution in [3.8, 4) is 0 Å². The molecule has 2 amide bonds. The molecule has 1 N–H and O–H groups in total. The minimum Gasteiger partial charge on any atom is -0.443 e. The molecular formula is C17H26N2O3. The van der Waals surface area contributed by atoms with Gasteiger partial charge in [-0.15, -0.1) is 0 Å². The highest BCUT2D eigenvalue weighted by molar-refractivity contribution is 5.96. The van der Waals surface area contributed by atoms with Gasteiger partial charge in [0.05, 0.1) is 5.54 Å². The largest absolute Gasteiger partial charge is 0.443 e. The van der Waals surface area contributed by atoms with E-state index in [1.807, 2.05) is 39.8 Å². The lowest BCUT2D eigenvalue weighted by atomic mass is 10.0. The van der Waals surface area contributed by atoms with Crippen molar-refractivity contribution in [3.63, 3.8) is 0 Å². The first-order chi connectivity index (χ1) is 9.92.